The lowest BCUT2D eigenvalue weighted by Crippen LogP contribution is -2.27. The molecule has 28 heavy (non-hydrogen) atoms. The minimum Gasteiger partial charge on any atom is -0.497 e. The molecule has 0 aliphatic rings. The molecule has 4 heteroatoms. The molecule has 0 radical (unpaired) electrons. The van der Waals surface area contributed by atoms with Crippen LogP contribution < -0.4 is 10.1 Å². The molecule has 142 valence electrons. The van der Waals surface area contributed by atoms with Gasteiger partial charge < -0.3 is 10.1 Å². The summed E-state index contributed by atoms with van der Waals surface area (Å²) in [6.45, 7) is 1.88. The Labute approximate surface area is 164 Å². The van der Waals surface area contributed by atoms with Gasteiger partial charge in [-0.15, -0.1) is 0 Å². The number of halogens is 1. The fourth-order valence-electron chi connectivity index (χ4n) is 2.87. The highest BCUT2D eigenvalue weighted by Gasteiger charge is 2.16. The third-order valence-corrected chi connectivity index (χ3v) is 4.47. The summed E-state index contributed by atoms with van der Waals surface area (Å²) < 4.78 is 18.3. The van der Waals surface area contributed by atoms with Gasteiger partial charge in [-0.2, -0.15) is 0 Å². The summed E-state index contributed by atoms with van der Waals surface area (Å²) in [5.41, 5.74) is 3.11. The van der Waals surface area contributed by atoms with Gasteiger partial charge in [0.05, 0.1) is 13.2 Å². The topological polar surface area (TPSA) is 38.3 Å². The van der Waals surface area contributed by atoms with Crippen LogP contribution in [0.1, 0.15) is 29.7 Å². The number of methoxy groups -OCH3 is 1. The molecule has 0 unspecified atom stereocenters. The summed E-state index contributed by atoms with van der Waals surface area (Å²) in [7, 11) is 1.62. The van der Waals surface area contributed by atoms with Gasteiger partial charge in [-0.3, -0.25) is 4.79 Å². The summed E-state index contributed by atoms with van der Waals surface area (Å²) in [6, 6.07) is 22.9. The summed E-state index contributed by atoms with van der Waals surface area (Å²) in [4.78, 5) is 13.0. The number of hydrogen-bond acceptors (Lipinski definition) is 2. The van der Waals surface area contributed by atoms with Gasteiger partial charge in [-0.25, -0.2) is 4.39 Å². The van der Waals surface area contributed by atoms with Gasteiger partial charge in [-0.1, -0.05) is 54.6 Å². The Morgan fingerprint density at radius 2 is 1.61 bits per heavy atom. The van der Waals surface area contributed by atoms with Crippen molar-refractivity contribution in [1.29, 1.82) is 0 Å². The molecule has 3 nitrogen and oxygen atoms in total. The minimum absolute atomic E-state index is 0.196. The lowest BCUT2D eigenvalue weighted by atomic mass is 10.0. The quantitative estimate of drug-likeness (QED) is 0.472. The van der Waals surface area contributed by atoms with E-state index in [0.717, 1.165) is 22.4 Å². The van der Waals surface area contributed by atoms with Gasteiger partial charge >= 0.3 is 0 Å². The first-order valence-corrected chi connectivity index (χ1v) is 9.04. The number of rotatable bonds is 6. The van der Waals surface area contributed by atoms with E-state index in [9.17, 15) is 9.18 Å². The lowest BCUT2D eigenvalue weighted by Gasteiger charge is -2.16. The van der Waals surface area contributed by atoms with Crippen LogP contribution >= 0.6 is 0 Å². The lowest BCUT2D eigenvalue weighted by molar-refractivity contribution is -0.116. The predicted molar refractivity (Wildman–Crippen MR) is 110 cm³/mol. The highest BCUT2D eigenvalue weighted by molar-refractivity contribution is 6.24. The number of carbonyl (C=O) groups is 1. The van der Waals surface area contributed by atoms with Crippen LogP contribution in [0.4, 0.5) is 4.39 Å². The average Bonchev–Trinajstić information content (AvgIpc) is 2.73. The third kappa shape index (κ3) is 4.86. The van der Waals surface area contributed by atoms with Crippen LogP contribution in [-0.4, -0.2) is 13.0 Å². The van der Waals surface area contributed by atoms with Crippen molar-refractivity contribution in [3.8, 4) is 5.75 Å². The zero-order valence-electron chi connectivity index (χ0n) is 15.9. The van der Waals surface area contributed by atoms with Gasteiger partial charge in [0.25, 0.3) is 5.91 Å². The first kappa shape index (κ1) is 19.4. The number of benzene rings is 3. The number of nitrogens with one attached hydrogen (secondary N) is 1. The first-order chi connectivity index (χ1) is 13.6. The number of carbonyl (C=O) groups excluding carboxylic acids is 1. The largest absolute Gasteiger partial charge is 0.497 e. The highest BCUT2D eigenvalue weighted by atomic mass is 19.1. The van der Waals surface area contributed by atoms with E-state index in [1.165, 1.54) is 12.1 Å². The average molecular weight is 375 g/mol. The molecular formula is C24H22FNO2. The molecular weight excluding hydrogens is 353 g/mol. The summed E-state index contributed by atoms with van der Waals surface area (Å²) >= 11 is 0. The standard InChI is InChI=1S/C24H22FNO2/c1-17(19-10-12-21(25)13-11-19)26-24(27)23(20-6-4-3-5-7-20)16-18-8-14-22(28-2)15-9-18/h3-17H,1-2H3,(H,26,27)/b23-16+/t17-/m1/s1. The SMILES string of the molecule is COc1ccc(/C=C(/C(=O)N[C@H](C)c2ccc(F)cc2)c2ccccc2)cc1. The second-order valence-corrected chi connectivity index (χ2v) is 6.44. The summed E-state index contributed by atoms with van der Waals surface area (Å²) in [5.74, 6) is 0.262. The molecule has 0 heterocycles. The van der Waals surface area contributed by atoms with Crippen molar-refractivity contribution in [3.63, 3.8) is 0 Å². The molecule has 0 spiro atoms. The van der Waals surface area contributed by atoms with Crippen molar-refractivity contribution in [1.82, 2.24) is 5.32 Å². The maximum atomic E-state index is 13.2. The van der Waals surface area contributed by atoms with Crippen molar-refractivity contribution in [2.24, 2.45) is 0 Å². The molecule has 1 amide bonds. The van der Waals surface area contributed by atoms with Crippen LogP contribution in [0.2, 0.25) is 0 Å². The molecule has 0 aromatic heterocycles. The number of hydrogen-bond donors (Lipinski definition) is 1. The number of amides is 1. The summed E-state index contributed by atoms with van der Waals surface area (Å²) in [5, 5.41) is 3.00. The zero-order valence-corrected chi connectivity index (χ0v) is 15.9. The summed E-state index contributed by atoms with van der Waals surface area (Å²) in [6.07, 6.45) is 1.85. The zero-order chi connectivity index (χ0) is 19.9. The Morgan fingerprint density at radius 3 is 2.21 bits per heavy atom. The second kappa shape index (κ2) is 9.00. The van der Waals surface area contributed by atoms with Crippen molar-refractivity contribution in [3.05, 3.63) is 101 Å². The monoisotopic (exact) mass is 375 g/mol. The maximum absolute atomic E-state index is 13.2. The Kier molecular flexibility index (Phi) is 6.22. The van der Waals surface area contributed by atoms with E-state index in [2.05, 4.69) is 5.32 Å². The van der Waals surface area contributed by atoms with Gasteiger partial charge in [-0.05, 0) is 54.0 Å². The van der Waals surface area contributed by atoms with E-state index in [4.69, 9.17) is 4.74 Å². The molecule has 0 aliphatic carbocycles. The van der Waals surface area contributed by atoms with Crippen LogP contribution in [0.15, 0.2) is 78.9 Å². The molecule has 0 bridgehead atoms. The molecule has 0 fully saturated rings. The van der Waals surface area contributed by atoms with Crippen LogP contribution in [0, 0.1) is 5.82 Å². The maximum Gasteiger partial charge on any atom is 0.252 e. The molecule has 3 aromatic carbocycles. The fraction of sp³-hybridized carbons (Fsp3) is 0.125. The van der Waals surface area contributed by atoms with Gasteiger partial charge in [0.15, 0.2) is 0 Å². The molecule has 0 aliphatic heterocycles. The van der Waals surface area contributed by atoms with Crippen molar-refractivity contribution < 1.29 is 13.9 Å². The minimum atomic E-state index is -0.299. The van der Waals surface area contributed by atoms with Crippen LogP contribution in [-0.2, 0) is 4.79 Å². The van der Waals surface area contributed by atoms with Crippen LogP contribution in [0.3, 0.4) is 0 Å². The smallest absolute Gasteiger partial charge is 0.252 e. The van der Waals surface area contributed by atoms with Crippen LogP contribution in [0.25, 0.3) is 11.6 Å². The molecule has 0 saturated carbocycles. The van der Waals surface area contributed by atoms with E-state index in [0.29, 0.717) is 5.57 Å². The van der Waals surface area contributed by atoms with Gasteiger partial charge in [0, 0.05) is 5.57 Å². The predicted octanol–water partition coefficient (Wildman–Crippen LogP) is 5.25. The number of ether oxygens (including phenoxy) is 1. The van der Waals surface area contributed by atoms with Gasteiger partial charge in [0.2, 0.25) is 0 Å². The van der Waals surface area contributed by atoms with E-state index >= 15 is 0 Å². The fourth-order valence-corrected chi connectivity index (χ4v) is 2.87. The first-order valence-electron chi connectivity index (χ1n) is 9.04. The van der Waals surface area contributed by atoms with Crippen LogP contribution in [0.5, 0.6) is 5.75 Å². The normalized spacial score (nSPS) is 12.3. The van der Waals surface area contributed by atoms with E-state index in [1.807, 2.05) is 67.6 Å². The molecule has 0 saturated heterocycles. The van der Waals surface area contributed by atoms with E-state index in [-0.39, 0.29) is 17.8 Å². The van der Waals surface area contributed by atoms with Gasteiger partial charge in [0.1, 0.15) is 11.6 Å². The van der Waals surface area contributed by atoms with E-state index in [1.54, 1.807) is 19.2 Å². The van der Waals surface area contributed by atoms with Crippen molar-refractivity contribution in [2.45, 2.75) is 13.0 Å². The Balaban J connectivity index is 1.88. The van der Waals surface area contributed by atoms with E-state index < -0.39 is 0 Å². The third-order valence-electron chi connectivity index (χ3n) is 4.47. The molecule has 1 atom stereocenters. The second-order valence-electron chi connectivity index (χ2n) is 6.44. The molecule has 1 N–H and O–H groups in total. The Bertz CT molecular complexity index is 948. The van der Waals surface area contributed by atoms with Crippen molar-refractivity contribution in [2.75, 3.05) is 7.11 Å². The van der Waals surface area contributed by atoms with Crippen molar-refractivity contribution >= 4 is 17.6 Å². The molecule has 3 aromatic rings. The highest BCUT2D eigenvalue weighted by Crippen LogP contribution is 2.22. The molecule has 3 rings (SSSR count). The Morgan fingerprint density at radius 1 is 0.964 bits per heavy atom. The Hall–Kier alpha value is -3.40.